The van der Waals surface area contributed by atoms with Crippen molar-refractivity contribution < 1.29 is 4.39 Å². The van der Waals surface area contributed by atoms with Crippen molar-refractivity contribution in [3.63, 3.8) is 0 Å². The number of hydrogen-bond donors (Lipinski definition) is 0. The topological polar surface area (TPSA) is 25.8 Å². The predicted molar refractivity (Wildman–Crippen MR) is 77.8 cm³/mol. The Morgan fingerprint density at radius 1 is 0.684 bits per heavy atom. The average Bonchev–Trinajstić information content (AvgIpc) is 2.42. The summed E-state index contributed by atoms with van der Waals surface area (Å²) in [5.41, 5.74) is 2.48. The van der Waals surface area contributed by atoms with E-state index in [0.717, 1.165) is 62.8 Å². The fourth-order valence-electron chi connectivity index (χ4n) is 2.11. The Hall–Kier alpha value is -0.990. The fraction of sp³-hybridized carbons (Fsp3) is 0.750. The highest BCUT2D eigenvalue weighted by Gasteiger charge is 2.12. The van der Waals surface area contributed by atoms with Gasteiger partial charge in [0.1, 0.15) is 0 Å². The van der Waals surface area contributed by atoms with Crippen LogP contribution in [0.15, 0.2) is 0 Å². The van der Waals surface area contributed by atoms with Gasteiger partial charge in [0.25, 0.3) is 0 Å². The third-order valence-electron chi connectivity index (χ3n) is 3.38. The molecule has 0 atom stereocenters. The van der Waals surface area contributed by atoms with E-state index >= 15 is 0 Å². The largest absolute Gasteiger partial charge is 0.251 e. The summed E-state index contributed by atoms with van der Waals surface area (Å²) in [6.07, 6.45) is 8.94. The maximum absolute atomic E-state index is 13.9. The summed E-state index contributed by atoms with van der Waals surface area (Å²) in [7, 11) is 0. The molecule has 0 bridgehead atoms. The van der Waals surface area contributed by atoms with Gasteiger partial charge in [-0.1, -0.05) is 40.0 Å². The predicted octanol–water partition coefficient (Wildman–Crippen LogP) is 4.64. The molecule has 0 fully saturated rings. The number of halogens is 1. The zero-order chi connectivity index (χ0) is 14.1. The standard InChI is InChI=1S/C16H27FN2/c1-4-7-10-13-14(11-8-5-2)19-16(17)15(18-13)12-9-6-3/h4-12H2,1-3H3. The maximum Gasteiger partial charge on any atom is 0.234 e. The first-order valence-corrected chi connectivity index (χ1v) is 7.77. The second kappa shape index (κ2) is 9.00. The molecule has 0 amide bonds. The van der Waals surface area contributed by atoms with Gasteiger partial charge in [-0.05, 0) is 38.5 Å². The second-order valence-electron chi connectivity index (χ2n) is 5.17. The van der Waals surface area contributed by atoms with Gasteiger partial charge in [-0.25, -0.2) is 4.98 Å². The van der Waals surface area contributed by atoms with Gasteiger partial charge in [-0.15, -0.1) is 0 Å². The summed E-state index contributed by atoms with van der Waals surface area (Å²) < 4.78 is 13.9. The van der Waals surface area contributed by atoms with E-state index in [9.17, 15) is 4.39 Å². The van der Waals surface area contributed by atoms with Gasteiger partial charge >= 0.3 is 0 Å². The molecule has 1 heterocycles. The molecule has 0 aliphatic carbocycles. The quantitative estimate of drug-likeness (QED) is 0.650. The SMILES string of the molecule is CCCCc1nc(CCCC)c(CCCC)nc1F. The second-order valence-corrected chi connectivity index (χ2v) is 5.17. The molecule has 1 aromatic rings. The van der Waals surface area contributed by atoms with Gasteiger partial charge in [0.15, 0.2) is 0 Å². The van der Waals surface area contributed by atoms with Crippen LogP contribution >= 0.6 is 0 Å². The third kappa shape index (κ3) is 5.25. The van der Waals surface area contributed by atoms with Crippen molar-refractivity contribution in [2.45, 2.75) is 78.6 Å². The number of aromatic nitrogens is 2. The van der Waals surface area contributed by atoms with Gasteiger partial charge in [0.2, 0.25) is 5.95 Å². The molecule has 2 nitrogen and oxygen atoms in total. The Balaban J connectivity index is 2.91. The molecule has 0 N–H and O–H groups in total. The number of rotatable bonds is 9. The first-order valence-electron chi connectivity index (χ1n) is 7.77. The Bertz CT molecular complexity index is 377. The van der Waals surface area contributed by atoms with Crippen LogP contribution in [0.3, 0.4) is 0 Å². The molecule has 0 saturated heterocycles. The van der Waals surface area contributed by atoms with Crippen molar-refractivity contribution in [2.75, 3.05) is 0 Å². The first kappa shape index (κ1) is 16.1. The molecule has 0 aromatic carbocycles. The molecule has 1 aromatic heterocycles. The molecule has 0 aliphatic rings. The van der Waals surface area contributed by atoms with E-state index in [1.807, 2.05) is 0 Å². The summed E-state index contributed by atoms with van der Waals surface area (Å²) in [5, 5.41) is 0. The van der Waals surface area contributed by atoms with Gasteiger partial charge in [-0.2, -0.15) is 4.39 Å². The lowest BCUT2D eigenvalue weighted by molar-refractivity contribution is 0.533. The van der Waals surface area contributed by atoms with Crippen molar-refractivity contribution in [1.82, 2.24) is 9.97 Å². The monoisotopic (exact) mass is 266 g/mol. The van der Waals surface area contributed by atoms with E-state index < -0.39 is 0 Å². The number of nitrogens with zero attached hydrogens (tertiary/aromatic N) is 2. The van der Waals surface area contributed by atoms with Crippen molar-refractivity contribution in [1.29, 1.82) is 0 Å². The van der Waals surface area contributed by atoms with Crippen molar-refractivity contribution in [3.05, 3.63) is 23.0 Å². The molecule has 0 spiro atoms. The van der Waals surface area contributed by atoms with Crippen molar-refractivity contribution in [2.24, 2.45) is 0 Å². The highest BCUT2D eigenvalue weighted by Crippen LogP contribution is 2.15. The van der Waals surface area contributed by atoms with Crippen LogP contribution in [-0.2, 0) is 19.3 Å². The summed E-state index contributed by atoms with van der Waals surface area (Å²) >= 11 is 0. The average molecular weight is 266 g/mol. The Morgan fingerprint density at radius 2 is 1.11 bits per heavy atom. The van der Waals surface area contributed by atoms with E-state index in [-0.39, 0.29) is 5.95 Å². The van der Waals surface area contributed by atoms with E-state index in [0.29, 0.717) is 12.1 Å². The highest BCUT2D eigenvalue weighted by atomic mass is 19.1. The Labute approximate surface area is 116 Å². The van der Waals surface area contributed by atoms with Gasteiger partial charge < -0.3 is 0 Å². The maximum atomic E-state index is 13.9. The van der Waals surface area contributed by atoms with Gasteiger partial charge in [0, 0.05) is 0 Å². The van der Waals surface area contributed by atoms with Crippen molar-refractivity contribution in [3.8, 4) is 0 Å². The minimum atomic E-state index is -0.347. The summed E-state index contributed by atoms with van der Waals surface area (Å²) in [6, 6.07) is 0. The molecule has 0 saturated carbocycles. The van der Waals surface area contributed by atoms with Crippen LogP contribution in [0.4, 0.5) is 4.39 Å². The zero-order valence-electron chi connectivity index (χ0n) is 12.6. The minimum Gasteiger partial charge on any atom is -0.251 e. The molecule has 1 rings (SSSR count). The van der Waals surface area contributed by atoms with Crippen LogP contribution in [-0.4, -0.2) is 9.97 Å². The van der Waals surface area contributed by atoms with E-state index in [2.05, 4.69) is 30.7 Å². The van der Waals surface area contributed by atoms with E-state index in [1.54, 1.807) is 0 Å². The molecular formula is C16H27FN2. The van der Waals surface area contributed by atoms with Crippen LogP contribution in [0.5, 0.6) is 0 Å². The fourth-order valence-corrected chi connectivity index (χ4v) is 2.11. The lowest BCUT2D eigenvalue weighted by Crippen LogP contribution is -2.09. The molecule has 19 heavy (non-hydrogen) atoms. The molecule has 0 unspecified atom stereocenters. The summed E-state index contributed by atoms with van der Waals surface area (Å²) in [5.74, 6) is -0.347. The third-order valence-corrected chi connectivity index (χ3v) is 3.38. The lowest BCUT2D eigenvalue weighted by atomic mass is 10.1. The highest BCUT2D eigenvalue weighted by molar-refractivity contribution is 5.16. The van der Waals surface area contributed by atoms with Crippen LogP contribution in [0.2, 0.25) is 0 Å². The molecular weight excluding hydrogens is 239 g/mol. The zero-order valence-corrected chi connectivity index (χ0v) is 12.6. The summed E-state index contributed by atoms with van der Waals surface area (Å²) in [6.45, 7) is 6.42. The molecule has 0 aliphatic heterocycles. The van der Waals surface area contributed by atoms with E-state index in [4.69, 9.17) is 0 Å². The number of hydrogen-bond acceptors (Lipinski definition) is 2. The van der Waals surface area contributed by atoms with Crippen LogP contribution in [0.1, 0.15) is 76.4 Å². The summed E-state index contributed by atoms with van der Waals surface area (Å²) in [4.78, 5) is 8.75. The smallest absolute Gasteiger partial charge is 0.234 e. The number of aryl methyl sites for hydroxylation is 3. The van der Waals surface area contributed by atoms with Crippen molar-refractivity contribution >= 4 is 0 Å². The first-order chi connectivity index (χ1) is 9.22. The normalized spacial score (nSPS) is 10.9. The van der Waals surface area contributed by atoms with Crippen LogP contribution in [0.25, 0.3) is 0 Å². The lowest BCUT2D eigenvalue weighted by Gasteiger charge is -2.10. The van der Waals surface area contributed by atoms with E-state index in [1.165, 1.54) is 0 Å². The van der Waals surface area contributed by atoms with Crippen LogP contribution < -0.4 is 0 Å². The van der Waals surface area contributed by atoms with Gasteiger partial charge in [-0.3, -0.25) is 4.98 Å². The molecule has 108 valence electrons. The Kier molecular flexibility index (Phi) is 7.61. The van der Waals surface area contributed by atoms with Crippen LogP contribution in [0, 0.1) is 5.95 Å². The molecule has 0 radical (unpaired) electrons. The van der Waals surface area contributed by atoms with Gasteiger partial charge in [0.05, 0.1) is 17.1 Å². The number of unbranched alkanes of at least 4 members (excludes halogenated alkanes) is 3. The molecule has 3 heteroatoms. The minimum absolute atomic E-state index is 0.347. The Morgan fingerprint density at radius 3 is 1.58 bits per heavy atom.